The van der Waals surface area contributed by atoms with Crippen LogP contribution in [-0.4, -0.2) is 116 Å². The van der Waals surface area contributed by atoms with Gasteiger partial charge in [-0.05, 0) is 25.1 Å². The summed E-state index contributed by atoms with van der Waals surface area (Å²) in [6, 6.07) is 7.78. The first-order chi connectivity index (χ1) is 20.4. The van der Waals surface area contributed by atoms with Crippen LogP contribution in [-0.2, 0) is 14.2 Å². The number of hydrogen-bond acceptors (Lipinski definition) is 15. The summed E-state index contributed by atoms with van der Waals surface area (Å²) in [7, 11) is 1.38. The molecule has 1 aromatic heterocycles. The highest BCUT2D eigenvalue weighted by Crippen LogP contribution is 2.35. The van der Waals surface area contributed by atoms with E-state index in [1.807, 2.05) is 0 Å². The fourth-order valence-electron chi connectivity index (χ4n) is 4.92. The summed E-state index contributed by atoms with van der Waals surface area (Å²) in [4.78, 5) is 12.8. The Balaban J connectivity index is 1.36. The molecule has 10 atom stereocenters. The van der Waals surface area contributed by atoms with Crippen molar-refractivity contribution < 1.29 is 69.0 Å². The van der Waals surface area contributed by atoms with Crippen LogP contribution in [0.15, 0.2) is 45.6 Å². The fourth-order valence-corrected chi connectivity index (χ4v) is 4.92. The molecular formula is C28H32O15. The quantitative estimate of drug-likeness (QED) is 0.159. The van der Waals surface area contributed by atoms with Crippen molar-refractivity contribution in [3.63, 3.8) is 0 Å². The molecule has 0 radical (unpaired) electrons. The number of methoxy groups -OCH3 is 1. The van der Waals surface area contributed by atoms with E-state index in [9.17, 15) is 45.6 Å². The highest BCUT2D eigenvalue weighted by molar-refractivity contribution is 5.86. The molecule has 234 valence electrons. The lowest BCUT2D eigenvalue weighted by Gasteiger charge is -2.42. The summed E-state index contributed by atoms with van der Waals surface area (Å²) < 4.78 is 32.9. The van der Waals surface area contributed by atoms with Crippen LogP contribution in [0.4, 0.5) is 0 Å². The third kappa shape index (κ3) is 5.99. The minimum absolute atomic E-state index is 0.0517. The average Bonchev–Trinajstić information content (AvgIpc) is 2.97. The van der Waals surface area contributed by atoms with Crippen LogP contribution in [0.5, 0.6) is 23.0 Å². The minimum Gasteiger partial charge on any atom is -0.507 e. The number of aromatic hydroxyl groups is 2. The SMILES string of the molecule is COc1ccc(-c2cc(=O)c3c(O)cc(O[C@H]4O[C@H](CO[C@@H]5O[C@@H](C)[C@H](O)[C@@H](O)[C@H]5O)[C@@H](O)[C@H](O)[C@H]4O)cc3o2)cc1O. The Hall–Kier alpha value is -3.51. The zero-order chi connectivity index (χ0) is 31.2. The number of phenolic OH excluding ortho intramolecular Hbond substituents is 2. The number of rotatable bonds is 7. The van der Waals surface area contributed by atoms with Gasteiger partial charge in [0.05, 0.1) is 19.8 Å². The molecule has 2 aliphatic rings. The highest BCUT2D eigenvalue weighted by atomic mass is 16.7. The van der Waals surface area contributed by atoms with Crippen LogP contribution < -0.4 is 14.9 Å². The summed E-state index contributed by atoms with van der Waals surface area (Å²) in [6.45, 7) is 0.953. The predicted octanol–water partition coefficient (Wildman–Crippen LogP) is -1.09. The largest absolute Gasteiger partial charge is 0.507 e. The second-order valence-electron chi connectivity index (χ2n) is 10.3. The lowest BCUT2D eigenvalue weighted by molar-refractivity contribution is -0.318. The van der Waals surface area contributed by atoms with Crippen molar-refractivity contribution >= 4 is 11.0 Å². The van der Waals surface area contributed by atoms with Crippen molar-refractivity contribution in [3.05, 3.63) is 46.6 Å². The topological polar surface area (TPSA) is 238 Å². The van der Waals surface area contributed by atoms with Crippen LogP contribution in [0.3, 0.4) is 0 Å². The third-order valence-corrected chi connectivity index (χ3v) is 7.40. The summed E-state index contributed by atoms with van der Waals surface area (Å²) in [5, 5.41) is 82.0. The number of ether oxygens (including phenoxy) is 5. The Bertz CT molecular complexity index is 1510. The van der Waals surface area contributed by atoms with Gasteiger partial charge in [0, 0.05) is 23.8 Å². The maximum atomic E-state index is 12.8. The molecule has 8 N–H and O–H groups in total. The van der Waals surface area contributed by atoms with Gasteiger partial charge in [-0.1, -0.05) is 0 Å². The van der Waals surface area contributed by atoms with Crippen molar-refractivity contribution in [2.24, 2.45) is 0 Å². The molecule has 0 aliphatic carbocycles. The molecule has 3 aromatic rings. The molecule has 2 saturated heterocycles. The Morgan fingerprint density at radius 2 is 1.49 bits per heavy atom. The first kappa shape index (κ1) is 30.9. The van der Waals surface area contributed by atoms with Gasteiger partial charge >= 0.3 is 0 Å². The maximum absolute atomic E-state index is 12.8. The van der Waals surface area contributed by atoms with Gasteiger partial charge in [0.1, 0.15) is 71.0 Å². The first-order valence-electron chi connectivity index (χ1n) is 13.3. The fraction of sp³-hybridized carbons (Fsp3) is 0.464. The van der Waals surface area contributed by atoms with Gasteiger partial charge in [-0.2, -0.15) is 0 Å². The van der Waals surface area contributed by atoms with Crippen LogP contribution in [0, 0.1) is 0 Å². The Morgan fingerprint density at radius 3 is 2.19 bits per heavy atom. The van der Waals surface area contributed by atoms with Crippen molar-refractivity contribution in [2.75, 3.05) is 13.7 Å². The van der Waals surface area contributed by atoms with E-state index in [4.69, 9.17) is 28.1 Å². The smallest absolute Gasteiger partial charge is 0.229 e. The number of phenols is 2. The Kier molecular flexibility index (Phi) is 8.80. The van der Waals surface area contributed by atoms with E-state index in [1.54, 1.807) is 6.07 Å². The number of aliphatic hydroxyl groups excluding tert-OH is 6. The minimum atomic E-state index is -1.78. The number of fused-ring (bicyclic) bond motifs is 1. The van der Waals surface area contributed by atoms with Crippen molar-refractivity contribution in [1.82, 2.24) is 0 Å². The molecule has 0 saturated carbocycles. The Morgan fingerprint density at radius 1 is 0.791 bits per heavy atom. The van der Waals surface area contributed by atoms with Gasteiger partial charge < -0.3 is 69.0 Å². The van der Waals surface area contributed by atoms with Gasteiger partial charge in [0.15, 0.2) is 23.2 Å². The zero-order valence-corrected chi connectivity index (χ0v) is 22.9. The molecule has 2 aromatic carbocycles. The molecule has 0 unspecified atom stereocenters. The number of aliphatic hydroxyl groups is 6. The lowest BCUT2D eigenvalue weighted by Crippen LogP contribution is -2.61. The van der Waals surface area contributed by atoms with E-state index in [2.05, 4.69) is 0 Å². The van der Waals surface area contributed by atoms with Crippen LogP contribution in [0.1, 0.15) is 6.92 Å². The van der Waals surface area contributed by atoms with E-state index in [0.717, 1.165) is 12.1 Å². The molecule has 43 heavy (non-hydrogen) atoms. The second-order valence-corrected chi connectivity index (χ2v) is 10.3. The van der Waals surface area contributed by atoms with Gasteiger partial charge in [-0.25, -0.2) is 0 Å². The van der Waals surface area contributed by atoms with E-state index < -0.39 is 79.2 Å². The molecule has 2 fully saturated rings. The Labute approximate surface area is 243 Å². The van der Waals surface area contributed by atoms with E-state index in [-0.39, 0.29) is 34.0 Å². The first-order valence-corrected chi connectivity index (χ1v) is 13.3. The van der Waals surface area contributed by atoms with E-state index >= 15 is 0 Å². The molecule has 2 aliphatic heterocycles. The zero-order valence-electron chi connectivity index (χ0n) is 22.9. The molecule has 15 heteroatoms. The molecule has 0 amide bonds. The summed E-state index contributed by atoms with van der Waals surface area (Å²) in [6.07, 6.45) is -15.0. The second kappa shape index (κ2) is 12.2. The third-order valence-electron chi connectivity index (χ3n) is 7.40. The summed E-state index contributed by atoms with van der Waals surface area (Å²) in [5.41, 5.74) is -0.381. The van der Waals surface area contributed by atoms with Crippen LogP contribution in [0.2, 0.25) is 0 Å². The van der Waals surface area contributed by atoms with E-state index in [1.165, 1.54) is 32.2 Å². The molecular weight excluding hydrogens is 576 g/mol. The molecule has 5 rings (SSSR count). The standard InChI is InChI=1S/C28H32O15/c1-10-21(32)23(34)25(36)27(40-10)39-9-19-22(33)24(35)26(37)28(43-19)41-12-6-14(30)20-15(31)8-17(42-18(20)7-12)11-3-4-16(38-2)13(29)5-11/h3-8,10,19,21-30,32-37H,9H2,1-2H3/t10-,19+,21-,22+,23+,24-,25+,26+,27+,28-/m0/s1. The molecule has 3 heterocycles. The molecule has 0 bridgehead atoms. The van der Waals surface area contributed by atoms with Gasteiger partial charge in [0.2, 0.25) is 6.29 Å². The molecule has 15 nitrogen and oxygen atoms in total. The van der Waals surface area contributed by atoms with Crippen LogP contribution in [0.25, 0.3) is 22.3 Å². The summed E-state index contributed by atoms with van der Waals surface area (Å²) >= 11 is 0. The molecule has 0 spiro atoms. The van der Waals surface area contributed by atoms with E-state index in [0.29, 0.717) is 5.56 Å². The highest BCUT2D eigenvalue weighted by Gasteiger charge is 2.47. The van der Waals surface area contributed by atoms with Gasteiger partial charge in [0.25, 0.3) is 0 Å². The van der Waals surface area contributed by atoms with Gasteiger partial charge in [-0.15, -0.1) is 0 Å². The van der Waals surface area contributed by atoms with Crippen LogP contribution >= 0.6 is 0 Å². The normalized spacial score (nSPS) is 32.9. The summed E-state index contributed by atoms with van der Waals surface area (Å²) in [5.74, 6) is -0.605. The predicted molar refractivity (Wildman–Crippen MR) is 143 cm³/mol. The van der Waals surface area contributed by atoms with Crippen molar-refractivity contribution in [2.45, 2.75) is 68.3 Å². The van der Waals surface area contributed by atoms with Crippen molar-refractivity contribution in [3.8, 4) is 34.3 Å². The van der Waals surface area contributed by atoms with Crippen molar-refractivity contribution in [1.29, 1.82) is 0 Å². The monoisotopic (exact) mass is 608 g/mol. The maximum Gasteiger partial charge on any atom is 0.229 e. The average molecular weight is 609 g/mol. The number of benzene rings is 2. The van der Waals surface area contributed by atoms with Gasteiger partial charge in [-0.3, -0.25) is 4.79 Å². The number of hydrogen-bond donors (Lipinski definition) is 8. The lowest BCUT2D eigenvalue weighted by atomic mass is 9.98.